The molecule has 0 unspecified atom stereocenters. The lowest BCUT2D eigenvalue weighted by molar-refractivity contribution is 0.415. The minimum atomic E-state index is -0.297. The molecule has 3 aromatic carbocycles. The zero-order chi connectivity index (χ0) is 23.5. The minimum absolute atomic E-state index is 0.204. The number of allylic oxidation sites excluding steroid dienone is 1. The van der Waals surface area contributed by atoms with Gasteiger partial charge in [0, 0.05) is 17.3 Å². The van der Waals surface area contributed by atoms with Gasteiger partial charge in [0.05, 0.1) is 29.3 Å². The van der Waals surface area contributed by atoms with Crippen LogP contribution < -0.4 is 10.3 Å². The summed E-state index contributed by atoms with van der Waals surface area (Å²) >= 11 is 0. The molecule has 34 heavy (non-hydrogen) atoms. The van der Waals surface area contributed by atoms with Crippen LogP contribution in [-0.2, 0) is 0 Å². The average Bonchev–Trinajstić information content (AvgIpc) is 3.32. The Labute approximate surface area is 195 Å². The first-order chi connectivity index (χ1) is 16.7. The van der Waals surface area contributed by atoms with Crippen LogP contribution in [0, 0.1) is 11.3 Å². The Balaban J connectivity index is 1.69. The zero-order valence-corrected chi connectivity index (χ0v) is 18.3. The molecule has 7 nitrogen and oxygen atoms in total. The van der Waals surface area contributed by atoms with Crippen LogP contribution in [-0.4, -0.2) is 26.9 Å². The predicted molar refractivity (Wildman–Crippen MR) is 131 cm³/mol. The van der Waals surface area contributed by atoms with Crippen molar-refractivity contribution in [3.05, 3.63) is 107 Å². The molecule has 0 bridgehead atoms. The molecule has 0 radical (unpaired) electrons. The fourth-order valence-electron chi connectivity index (χ4n) is 3.72. The van der Waals surface area contributed by atoms with Crippen molar-refractivity contribution < 1.29 is 4.74 Å². The van der Waals surface area contributed by atoms with E-state index in [1.54, 1.807) is 42.1 Å². The molecule has 0 atom stereocenters. The molecule has 0 saturated heterocycles. The fraction of sp³-hybridized carbons (Fsp3) is 0.0370. The van der Waals surface area contributed by atoms with E-state index in [0.717, 1.165) is 11.3 Å². The molecule has 0 saturated carbocycles. The number of aromatic nitrogens is 4. The summed E-state index contributed by atoms with van der Waals surface area (Å²) in [5.74, 6) is 0.901. The standard InChI is InChI=1S/C27H19N5O2/c1-34-22-11-7-8-18(15-22)25-20(17-32(31-25)21-9-3-2-4-10-21)14-19(16-28)26-29-24-13-6-5-12-23(24)27(33)30-26/h2-15,17H,1H3,(H,29,30,33). The molecule has 2 aromatic heterocycles. The van der Waals surface area contributed by atoms with E-state index >= 15 is 0 Å². The molecular weight excluding hydrogens is 426 g/mol. The van der Waals surface area contributed by atoms with Gasteiger partial charge < -0.3 is 9.72 Å². The first-order valence-corrected chi connectivity index (χ1v) is 10.6. The maximum absolute atomic E-state index is 12.6. The normalized spacial score (nSPS) is 11.4. The highest BCUT2D eigenvalue weighted by atomic mass is 16.5. The molecule has 5 aromatic rings. The van der Waals surface area contributed by atoms with Gasteiger partial charge in [0.1, 0.15) is 17.5 Å². The van der Waals surface area contributed by atoms with E-state index in [0.29, 0.717) is 27.9 Å². The number of hydrogen-bond acceptors (Lipinski definition) is 5. The maximum atomic E-state index is 12.6. The first-order valence-electron chi connectivity index (χ1n) is 10.6. The molecular formula is C27H19N5O2. The van der Waals surface area contributed by atoms with Gasteiger partial charge in [0.15, 0.2) is 5.82 Å². The Kier molecular flexibility index (Phi) is 5.46. The summed E-state index contributed by atoms with van der Waals surface area (Å²) in [4.78, 5) is 19.8. The number of para-hydroxylation sites is 2. The van der Waals surface area contributed by atoms with Gasteiger partial charge in [-0.25, -0.2) is 9.67 Å². The second kappa shape index (κ2) is 8.88. The van der Waals surface area contributed by atoms with Gasteiger partial charge in [-0.15, -0.1) is 0 Å². The zero-order valence-electron chi connectivity index (χ0n) is 18.3. The van der Waals surface area contributed by atoms with E-state index in [2.05, 4.69) is 16.0 Å². The van der Waals surface area contributed by atoms with Crippen LogP contribution in [0.3, 0.4) is 0 Å². The highest BCUT2D eigenvalue weighted by Crippen LogP contribution is 2.29. The number of rotatable bonds is 5. The number of aromatic amines is 1. The van der Waals surface area contributed by atoms with Crippen molar-refractivity contribution in [2.75, 3.05) is 7.11 Å². The van der Waals surface area contributed by atoms with Crippen LogP contribution in [0.15, 0.2) is 89.9 Å². The van der Waals surface area contributed by atoms with Crippen molar-refractivity contribution in [1.29, 1.82) is 5.26 Å². The van der Waals surface area contributed by atoms with Crippen molar-refractivity contribution in [3.8, 4) is 28.8 Å². The topological polar surface area (TPSA) is 96.6 Å². The summed E-state index contributed by atoms with van der Waals surface area (Å²) in [5.41, 5.74) is 3.52. The Hall–Kier alpha value is -4.96. The lowest BCUT2D eigenvalue weighted by Gasteiger charge is -2.04. The third-order valence-electron chi connectivity index (χ3n) is 5.39. The number of H-pyrrole nitrogens is 1. The molecule has 1 N–H and O–H groups in total. The molecule has 164 valence electrons. The lowest BCUT2D eigenvalue weighted by Crippen LogP contribution is -2.11. The second-order valence-corrected chi connectivity index (χ2v) is 7.55. The summed E-state index contributed by atoms with van der Waals surface area (Å²) in [6.45, 7) is 0. The van der Waals surface area contributed by atoms with Gasteiger partial charge >= 0.3 is 0 Å². The lowest BCUT2D eigenvalue weighted by atomic mass is 10.1. The van der Waals surface area contributed by atoms with Gasteiger partial charge in [-0.2, -0.15) is 10.4 Å². The maximum Gasteiger partial charge on any atom is 0.259 e. The van der Waals surface area contributed by atoms with E-state index in [4.69, 9.17) is 9.84 Å². The molecule has 0 aliphatic heterocycles. The predicted octanol–water partition coefficient (Wildman–Crippen LogP) is 4.85. The second-order valence-electron chi connectivity index (χ2n) is 7.55. The Morgan fingerprint density at radius 2 is 1.85 bits per heavy atom. The Morgan fingerprint density at radius 1 is 1.06 bits per heavy atom. The van der Waals surface area contributed by atoms with Gasteiger partial charge in [-0.1, -0.05) is 42.5 Å². The van der Waals surface area contributed by atoms with Crippen LogP contribution in [0.1, 0.15) is 11.4 Å². The van der Waals surface area contributed by atoms with E-state index in [9.17, 15) is 10.1 Å². The Morgan fingerprint density at radius 3 is 2.65 bits per heavy atom. The van der Waals surface area contributed by atoms with Gasteiger partial charge in [-0.05, 0) is 42.5 Å². The van der Waals surface area contributed by atoms with E-state index in [1.807, 2.05) is 60.8 Å². The van der Waals surface area contributed by atoms with Crippen molar-refractivity contribution >= 4 is 22.6 Å². The summed E-state index contributed by atoms with van der Waals surface area (Å²) in [7, 11) is 1.61. The number of benzene rings is 3. The summed E-state index contributed by atoms with van der Waals surface area (Å²) in [5, 5.41) is 15.2. The quantitative estimate of drug-likeness (QED) is 0.390. The molecule has 0 aliphatic carbocycles. The van der Waals surface area contributed by atoms with E-state index in [1.165, 1.54) is 0 Å². The van der Waals surface area contributed by atoms with Crippen molar-refractivity contribution in [2.24, 2.45) is 0 Å². The molecule has 0 spiro atoms. The third kappa shape index (κ3) is 3.96. The molecule has 0 fully saturated rings. The monoisotopic (exact) mass is 445 g/mol. The van der Waals surface area contributed by atoms with Crippen LogP contribution in [0.2, 0.25) is 0 Å². The minimum Gasteiger partial charge on any atom is -0.497 e. The van der Waals surface area contributed by atoms with Crippen molar-refractivity contribution in [2.45, 2.75) is 0 Å². The number of hydrogen-bond donors (Lipinski definition) is 1. The number of fused-ring (bicyclic) bond motifs is 1. The number of nitrogens with zero attached hydrogens (tertiary/aromatic N) is 4. The fourth-order valence-corrected chi connectivity index (χ4v) is 3.72. The average molecular weight is 445 g/mol. The summed E-state index contributed by atoms with van der Waals surface area (Å²) < 4.78 is 7.14. The van der Waals surface area contributed by atoms with Crippen molar-refractivity contribution in [3.63, 3.8) is 0 Å². The van der Waals surface area contributed by atoms with Gasteiger partial charge in [-0.3, -0.25) is 4.79 Å². The number of methoxy groups -OCH3 is 1. The largest absolute Gasteiger partial charge is 0.497 e. The van der Waals surface area contributed by atoms with Gasteiger partial charge in [0.2, 0.25) is 0 Å². The van der Waals surface area contributed by atoms with Crippen LogP contribution in [0.5, 0.6) is 5.75 Å². The molecule has 0 amide bonds. The van der Waals surface area contributed by atoms with Crippen LogP contribution in [0.25, 0.3) is 39.5 Å². The number of ether oxygens (including phenoxy) is 1. The van der Waals surface area contributed by atoms with Gasteiger partial charge in [0.25, 0.3) is 5.56 Å². The molecule has 7 heteroatoms. The third-order valence-corrected chi connectivity index (χ3v) is 5.39. The van der Waals surface area contributed by atoms with Crippen molar-refractivity contribution in [1.82, 2.24) is 19.7 Å². The molecule has 0 aliphatic rings. The highest BCUT2D eigenvalue weighted by Gasteiger charge is 2.15. The van der Waals surface area contributed by atoms with E-state index in [-0.39, 0.29) is 17.0 Å². The molecule has 2 heterocycles. The summed E-state index contributed by atoms with van der Waals surface area (Å²) in [6, 6.07) is 26.5. The van der Waals surface area contributed by atoms with E-state index < -0.39 is 0 Å². The highest BCUT2D eigenvalue weighted by molar-refractivity contribution is 5.91. The SMILES string of the molecule is COc1cccc(-c2nn(-c3ccccc3)cc2C=C(C#N)c2nc3ccccc3c(=O)[nH]2)c1. The number of nitriles is 1. The molecule has 5 rings (SSSR count). The smallest absolute Gasteiger partial charge is 0.259 e. The Bertz CT molecular complexity index is 1620. The number of nitrogens with one attached hydrogen (secondary N) is 1. The summed E-state index contributed by atoms with van der Waals surface area (Å²) in [6.07, 6.45) is 3.54. The van der Waals surface area contributed by atoms with Crippen LogP contribution >= 0.6 is 0 Å². The first kappa shape index (κ1) is 20.9. The van der Waals surface area contributed by atoms with Crippen LogP contribution in [0.4, 0.5) is 0 Å².